The molecule has 2 heterocycles. The number of amides is 1. The van der Waals surface area contributed by atoms with E-state index in [2.05, 4.69) is 5.10 Å². The first-order chi connectivity index (χ1) is 13.4. The van der Waals surface area contributed by atoms with Crippen LogP contribution in [0.5, 0.6) is 0 Å². The van der Waals surface area contributed by atoms with Crippen molar-refractivity contribution in [1.82, 2.24) is 14.7 Å². The van der Waals surface area contributed by atoms with Gasteiger partial charge in [0.15, 0.2) is 9.84 Å². The summed E-state index contributed by atoms with van der Waals surface area (Å²) in [7, 11) is -3.07. The first-order valence-electron chi connectivity index (χ1n) is 8.84. The van der Waals surface area contributed by atoms with Crippen LogP contribution in [0.4, 0.5) is 0 Å². The molecule has 0 saturated carbocycles. The number of aromatic nitrogens is 2. The summed E-state index contributed by atoms with van der Waals surface area (Å²) in [5, 5.41) is 5.23. The minimum Gasteiger partial charge on any atom is -0.336 e. The van der Waals surface area contributed by atoms with E-state index in [4.69, 9.17) is 11.6 Å². The molecule has 1 aliphatic rings. The Morgan fingerprint density at radius 1 is 0.964 bits per heavy atom. The molecule has 1 amide bonds. The minimum absolute atomic E-state index is 0.0121. The zero-order valence-electron chi connectivity index (χ0n) is 15.0. The van der Waals surface area contributed by atoms with E-state index in [0.717, 1.165) is 11.3 Å². The summed E-state index contributed by atoms with van der Waals surface area (Å²) in [6.45, 7) is 0.384. The summed E-state index contributed by atoms with van der Waals surface area (Å²) >= 11 is 5.99. The lowest BCUT2D eigenvalue weighted by Crippen LogP contribution is -2.43. The van der Waals surface area contributed by atoms with Crippen molar-refractivity contribution < 1.29 is 13.2 Å². The third-order valence-electron chi connectivity index (χ3n) is 4.71. The molecular weight excluding hydrogens is 398 g/mol. The molecule has 1 fully saturated rings. The van der Waals surface area contributed by atoms with E-state index < -0.39 is 9.84 Å². The number of sulfone groups is 1. The van der Waals surface area contributed by atoms with E-state index >= 15 is 0 Å². The van der Waals surface area contributed by atoms with Crippen molar-refractivity contribution >= 4 is 27.3 Å². The van der Waals surface area contributed by atoms with Crippen LogP contribution in [0, 0.1) is 0 Å². The molecule has 0 bridgehead atoms. The molecule has 1 aromatic heterocycles. The molecule has 0 N–H and O–H groups in total. The second-order valence-electron chi connectivity index (χ2n) is 6.62. The normalized spacial score (nSPS) is 16.1. The third kappa shape index (κ3) is 3.81. The number of carbonyl (C=O) groups excluding carboxylic acids is 1. The molecule has 8 heteroatoms. The van der Waals surface area contributed by atoms with Crippen LogP contribution in [-0.2, 0) is 9.84 Å². The van der Waals surface area contributed by atoms with E-state index in [-0.39, 0.29) is 30.5 Å². The van der Waals surface area contributed by atoms with Gasteiger partial charge in [-0.3, -0.25) is 4.79 Å². The quantitative estimate of drug-likeness (QED) is 0.659. The van der Waals surface area contributed by atoms with Gasteiger partial charge in [0.2, 0.25) is 0 Å². The molecule has 6 nitrogen and oxygen atoms in total. The number of hydrogen-bond donors (Lipinski definition) is 0. The van der Waals surface area contributed by atoms with Gasteiger partial charge in [0.1, 0.15) is 5.69 Å². The Hall–Kier alpha value is -2.64. The topological polar surface area (TPSA) is 72.3 Å². The van der Waals surface area contributed by atoms with Crippen molar-refractivity contribution in [3.8, 4) is 16.9 Å². The Kier molecular flexibility index (Phi) is 4.95. The smallest absolute Gasteiger partial charge is 0.257 e. The monoisotopic (exact) mass is 415 g/mol. The standard InChI is InChI=1S/C20H18ClN3O3S/c21-16-8-6-15(7-9-16)19-18(14-24(22-19)17-4-2-1-3-5-17)20(25)23-10-12-28(26,27)13-11-23/h1-9,14H,10-13H2. The predicted molar refractivity (Wildman–Crippen MR) is 109 cm³/mol. The first-order valence-corrected chi connectivity index (χ1v) is 11.0. The maximum absolute atomic E-state index is 13.2. The molecule has 2 aromatic carbocycles. The van der Waals surface area contributed by atoms with E-state index in [1.54, 1.807) is 27.9 Å². The first kappa shape index (κ1) is 18.7. The van der Waals surface area contributed by atoms with Gasteiger partial charge in [-0.05, 0) is 24.3 Å². The second-order valence-corrected chi connectivity index (χ2v) is 9.36. The molecule has 28 heavy (non-hydrogen) atoms. The van der Waals surface area contributed by atoms with Crippen LogP contribution in [0.1, 0.15) is 10.4 Å². The van der Waals surface area contributed by atoms with Crippen molar-refractivity contribution in [2.24, 2.45) is 0 Å². The number of halogens is 1. The highest BCUT2D eigenvalue weighted by Gasteiger charge is 2.29. The average Bonchev–Trinajstić information content (AvgIpc) is 3.14. The molecule has 144 valence electrons. The van der Waals surface area contributed by atoms with Crippen LogP contribution in [0.15, 0.2) is 60.8 Å². The maximum atomic E-state index is 13.2. The average molecular weight is 416 g/mol. The van der Waals surface area contributed by atoms with Gasteiger partial charge < -0.3 is 4.90 Å². The Labute approximate surface area is 168 Å². The Morgan fingerprint density at radius 2 is 1.61 bits per heavy atom. The molecule has 0 unspecified atom stereocenters. The fourth-order valence-electron chi connectivity index (χ4n) is 3.15. The molecule has 1 saturated heterocycles. The third-order valence-corrected chi connectivity index (χ3v) is 6.58. The Bertz CT molecular complexity index is 1100. The van der Waals surface area contributed by atoms with Crippen molar-refractivity contribution in [1.29, 1.82) is 0 Å². The van der Waals surface area contributed by atoms with Gasteiger partial charge in [-0.15, -0.1) is 0 Å². The highest BCUT2D eigenvalue weighted by Crippen LogP contribution is 2.26. The van der Waals surface area contributed by atoms with Crippen molar-refractivity contribution in [2.45, 2.75) is 0 Å². The molecule has 0 spiro atoms. The van der Waals surface area contributed by atoms with Gasteiger partial charge in [-0.2, -0.15) is 5.10 Å². The lowest BCUT2D eigenvalue weighted by atomic mass is 10.1. The van der Waals surface area contributed by atoms with Crippen LogP contribution >= 0.6 is 11.6 Å². The maximum Gasteiger partial charge on any atom is 0.257 e. The Morgan fingerprint density at radius 3 is 2.25 bits per heavy atom. The van der Waals surface area contributed by atoms with E-state index in [9.17, 15) is 13.2 Å². The lowest BCUT2D eigenvalue weighted by molar-refractivity contribution is 0.0771. The van der Waals surface area contributed by atoms with Crippen LogP contribution in [0.25, 0.3) is 16.9 Å². The number of rotatable bonds is 3. The summed E-state index contributed by atoms with van der Waals surface area (Å²) in [5.74, 6) is -0.244. The summed E-state index contributed by atoms with van der Waals surface area (Å²) < 4.78 is 25.1. The molecule has 1 aliphatic heterocycles. The molecule has 0 radical (unpaired) electrons. The number of carbonyl (C=O) groups is 1. The molecule has 0 atom stereocenters. The van der Waals surface area contributed by atoms with Gasteiger partial charge in [0.25, 0.3) is 5.91 Å². The van der Waals surface area contributed by atoms with E-state index in [1.807, 2.05) is 42.5 Å². The number of para-hydroxylation sites is 1. The molecule has 3 aromatic rings. The lowest BCUT2D eigenvalue weighted by Gasteiger charge is -2.26. The highest BCUT2D eigenvalue weighted by molar-refractivity contribution is 7.91. The molecule has 0 aliphatic carbocycles. The summed E-state index contributed by atoms with van der Waals surface area (Å²) in [4.78, 5) is 14.7. The fraction of sp³-hybridized carbons (Fsp3) is 0.200. The summed E-state index contributed by atoms with van der Waals surface area (Å²) in [5.41, 5.74) is 2.58. The van der Waals surface area contributed by atoms with Gasteiger partial charge in [-0.1, -0.05) is 41.9 Å². The van der Waals surface area contributed by atoms with Gasteiger partial charge in [-0.25, -0.2) is 13.1 Å². The largest absolute Gasteiger partial charge is 0.336 e. The van der Waals surface area contributed by atoms with E-state index in [0.29, 0.717) is 16.3 Å². The SMILES string of the molecule is O=C(c1cn(-c2ccccc2)nc1-c1ccc(Cl)cc1)N1CCS(=O)(=O)CC1. The summed E-state index contributed by atoms with van der Waals surface area (Å²) in [6.07, 6.45) is 1.70. The van der Waals surface area contributed by atoms with Crippen molar-refractivity contribution in [2.75, 3.05) is 24.6 Å². The number of benzene rings is 2. The number of nitrogens with zero attached hydrogens (tertiary/aromatic N) is 3. The fourth-order valence-corrected chi connectivity index (χ4v) is 4.48. The van der Waals surface area contributed by atoms with Crippen molar-refractivity contribution in [3.63, 3.8) is 0 Å². The van der Waals surface area contributed by atoms with E-state index in [1.165, 1.54) is 0 Å². The second kappa shape index (κ2) is 7.41. The van der Waals surface area contributed by atoms with Gasteiger partial charge in [0.05, 0.1) is 22.8 Å². The van der Waals surface area contributed by atoms with Crippen molar-refractivity contribution in [3.05, 3.63) is 71.4 Å². The predicted octanol–water partition coefficient (Wildman–Crippen LogP) is 3.06. The van der Waals surface area contributed by atoms with Crippen LogP contribution in [-0.4, -0.2) is 53.6 Å². The van der Waals surface area contributed by atoms with Gasteiger partial charge >= 0.3 is 0 Å². The minimum atomic E-state index is -3.07. The summed E-state index contributed by atoms with van der Waals surface area (Å²) in [6, 6.07) is 16.6. The zero-order chi connectivity index (χ0) is 19.7. The van der Waals surface area contributed by atoms with Crippen LogP contribution < -0.4 is 0 Å². The van der Waals surface area contributed by atoms with Crippen LogP contribution in [0.2, 0.25) is 5.02 Å². The Balaban J connectivity index is 1.75. The van der Waals surface area contributed by atoms with Crippen LogP contribution in [0.3, 0.4) is 0 Å². The zero-order valence-corrected chi connectivity index (χ0v) is 16.5. The highest BCUT2D eigenvalue weighted by atomic mass is 35.5. The van der Waals surface area contributed by atoms with Gasteiger partial charge in [0, 0.05) is 29.9 Å². The molecule has 4 rings (SSSR count). The molecular formula is C20H18ClN3O3S. The number of hydrogen-bond acceptors (Lipinski definition) is 4.